The molecule has 0 aliphatic carbocycles. The molecule has 0 radical (unpaired) electrons. The van der Waals surface area contributed by atoms with Gasteiger partial charge in [0.1, 0.15) is 12.4 Å². The molecular weight excluding hydrogens is 425 g/mol. The second-order valence-electron chi connectivity index (χ2n) is 5.78. The lowest BCUT2D eigenvalue weighted by atomic mass is 10.2. The molecule has 1 aliphatic rings. The van der Waals surface area contributed by atoms with Crippen LogP contribution in [0.4, 0.5) is 18.9 Å². The smallest absolute Gasteiger partial charge is 0.416 e. The molecule has 0 unspecified atom stereocenters. The zero-order chi connectivity index (χ0) is 21.0. The fourth-order valence-electron chi connectivity index (χ4n) is 2.39. The van der Waals surface area contributed by atoms with E-state index in [1.165, 1.54) is 0 Å². The van der Waals surface area contributed by atoms with Gasteiger partial charge in [0.2, 0.25) is 0 Å². The third-order valence-electron chi connectivity index (χ3n) is 3.71. The Morgan fingerprint density at radius 2 is 2.00 bits per heavy atom. The molecule has 2 aromatic carbocycles. The second kappa shape index (κ2) is 8.75. The van der Waals surface area contributed by atoms with Crippen LogP contribution in [0.2, 0.25) is 5.02 Å². The molecule has 0 saturated carbocycles. The summed E-state index contributed by atoms with van der Waals surface area (Å²) in [4.78, 5) is 16.7. The lowest BCUT2D eigenvalue weighted by molar-refractivity contribution is -0.137. The topological polar surface area (TPSA) is 50.7 Å². The molecule has 1 saturated heterocycles. The molecule has 4 nitrogen and oxygen atoms in total. The van der Waals surface area contributed by atoms with Crippen molar-refractivity contribution >= 4 is 46.2 Å². The highest BCUT2D eigenvalue weighted by Crippen LogP contribution is 2.37. The van der Waals surface area contributed by atoms with Crippen molar-refractivity contribution in [3.05, 3.63) is 76.2 Å². The van der Waals surface area contributed by atoms with Gasteiger partial charge in [-0.15, -0.1) is 0 Å². The quantitative estimate of drug-likeness (QED) is 0.473. The van der Waals surface area contributed by atoms with Crippen molar-refractivity contribution in [2.45, 2.75) is 6.18 Å². The Kier molecular flexibility index (Phi) is 6.34. The number of hydrogen-bond acceptors (Lipinski definition) is 4. The summed E-state index contributed by atoms with van der Waals surface area (Å²) in [5.41, 5.74) is -0.287. The zero-order valence-electron chi connectivity index (χ0n) is 14.8. The Morgan fingerprint density at radius 3 is 2.72 bits per heavy atom. The fourth-order valence-corrected chi connectivity index (χ4v) is 3.37. The van der Waals surface area contributed by atoms with Crippen molar-refractivity contribution in [3.8, 4) is 5.75 Å². The van der Waals surface area contributed by atoms with Crippen LogP contribution in [0.1, 0.15) is 11.1 Å². The summed E-state index contributed by atoms with van der Waals surface area (Å²) in [7, 11) is 0. The predicted octanol–water partition coefficient (Wildman–Crippen LogP) is 5.82. The predicted molar refractivity (Wildman–Crippen MR) is 109 cm³/mol. The van der Waals surface area contributed by atoms with Gasteiger partial charge in [0, 0.05) is 5.56 Å². The van der Waals surface area contributed by atoms with Gasteiger partial charge in [-0.3, -0.25) is 4.79 Å². The fraction of sp³-hybridized carbons (Fsp3) is 0.100. The summed E-state index contributed by atoms with van der Waals surface area (Å²) in [6.07, 6.45) is -1.30. The van der Waals surface area contributed by atoms with E-state index < -0.39 is 17.6 Å². The molecule has 1 amide bonds. The van der Waals surface area contributed by atoms with Gasteiger partial charge in [0.05, 0.1) is 21.2 Å². The lowest BCUT2D eigenvalue weighted by Crippen LogP contribution is -2.19. The molecule has 1 N–H and O–H groups in total. The Balaban J connectivity index is 1.88. The van der Waals surface area contributed by atoms with E-state index in [0.29, 0.717) is 22.8 Å². The van der Waals surface area contributed by atoms with Gasteiger partial charge >= 0.3 is 6.18 Å². The number of benzene rings is 2. The highest BCUT2D eigenvalue weighted by atomic mass is 35.5. The lowest BCUT2D eigenvalue weighted by Gasteiger charge is -2.08. The van der Waals surface area contributed by atoms with Crippen LogP contribution >= 0.6 is 23.4 Å². The number of para-hydroxylation sites is 1. The third-order valence-corrected chi connectivity index (χ3v) is 4.94. The Morgan fingerprint density at radius 1 is 1.24 bits per heavy atom. The maximum absolute atomic E-state index is 12.9. The summed E-state index contributed by atoms with van der Waals surface area (Å²) in [5.74, 6) is 0.148. The van der Waals surface area contributed by atoms with Gasteiger partial charge in [-0.25, -0.2) is 4.99 Å². The minimum absolute atomic E-state index is 0.0425. The molecule has 1 heterocycles. The number of carbonyl (C=O) groups excluding carboxylic acids is 1. The molecule has 3 rings (SSSR count). The second-order valence-corrected chi connectivity index (χ2v) is 7.22. The number of alkyl halides is 3. The zero-order valence-corrected chi connectivity index (χ0v) is 16.4. The largest absolute Gasteiger partial charge is 0.489 e. The number of amidine groups is 1. The van der Waals surface area contributed by atoms with Gasteiger partial charge in [-0.2, -0.15) is 13.2 Å². The molecular formula is C20H14ClF3N2O2S. The van der Waals surface area contributed by atoms with Gasteiger partial charge in [0.15, 0.2) is 5.17 Å². The average molecular weight is 439 g/mol. The van der Waals surface area contributed by atoms with Crippen molar-refractivity contribution in [2.75, 3.05) is 6.61 Å². The maximum Gasteiger partial charge on any atom is 0.416 e. The highest BCUT2D eigenvalue weighted by molar-refractivity contribution is 8.18. The summed E-state index contributed by atoms with van der Waals surface area (Å²) in [5, 5.41) is 2.70. The van der Waals surface area contributed by atoms with Crippen LogP contribution in [0, 0.1) is 0 Å². The average Bonchev–Trinajstić information content (AvgIpc) is 3.01. The van der Waals surface area contributed by atoms with E-state index in [4.69, 9.17) is 16.3 Å². The van der Waals surface area contributed by atoms with Crippen LogP contribution in [0.25, 0.3) is 6.08 Å². The van der Waals surface area contributed by atoms with E-state index in [1.54, 1.807) is 36.4 Å². The Bertz CT molecular complexity index is 1020. The van der Waals surface area contributed by atoms with Crippen LogP contribution in [-0.2, 0) is 11.0 Å². The number of ether oxygens (including phenoxy) is 1. The summed E-state index contributed by atoms with van der Waals surface area (Å²) in [6.45, 7) is 3.90. The van der Waals surface area contributed by atoms with Gasteiger partial charge in [0.25, 0.3) is 5.91 Å². The molecule has 9 heteroatoms. The standard InChI is InChI=1S/C20H14ClF3N2O2S/c1-2-9-28-16-6-4-3-5-12(16)10-17-18(27)26-19(29-17)25-15-11-13(20(22,23)24)7-8-14(15)21/h2-8,10-11H,1,9H2,(H,25,26,27)/b17-10-. The molecule has 29 heavy (non-hydrogen) atoms. The van der Waals surface area contributed by atoms with Crippen LogP contribution in [0.3, 0.4) is 0 Å². The summed E-state index contributed by atoms with van der Waals surface area (Å²) >= 11 is 6.96. The SMILES string of the molecule is C=CCOc1ccccc1/C=C1\SC(=Nc2cc(C(F)(F)F)ccc2Cl)NC1=O. The van der Waals surface area contributed by atoms with Gasteiger partial charge in [-0.05, 0) is 42.1 Å². The van der Waals surface area contributed by atoms with Crippen LogP contribution < -0.4 is 10.1 Å². The summed E-state index contributed by atoms with van der Waals surface area (Å²) in [6, 6.07) is 9.95. The maximum atomic E-state index is 12.9. The van der Waals surface area contributed by atoms with Gasteiger partial charge < -0.3 is 10.1 Å². The van der Waals surface area contributed by atoms with E-state index in [-0.39, 0.29) is 15.9 Å². The van der Waals surface area contributed by atoms with Crippen LogP contribution in [0.15, 0.2) is 65.0 Å². The van der Waals surface area contributed by atoms with E-state index in [9.17, 15) is 18.0 Å². The molecule has 0 bridgehead atoms. The van der Waals surface area contributed by atoms with Crippen molar-refractivity contribution in [2.24, 2.45) is 4.99 Å². The number of rotatable bonds is 5. The number of nitrogens with one attached hydrogen (secondary N) is 1. The number of thioether (sulfide) groups is 1. The van der Waals surface area contributed by atoms with Crippen molar-refractivity contribution < 1.29 is 22.7 Å². The first-order chi connectivity index (χ1) is 13.8. The Hall–Kier alpha value is -2.71. The third kappa shape index (κ3) is 5.21. The molecule has 1 fully saturated rings. The first kappa shape index (κ1) is 21.0. The molecule has 150 valence electrons. The number of carbonyl (C=O) groups is 1. The van der Waals surface area contributed by atoms with E-state index >= 15 is 0 Å². The number of aliphatic imine (C=N–C) groups is 1. The van der Waals surface area contributed by atoms with E-state index in [1.807, 2.05) is 0 Å². The van der Waals surface area contributed by atoms with Crippen molar-refractivity contribution in [3.63, 3.8) is 0 Å². The number of halogens is 4. The number of nitrogens with zero attached hydrogens (tertiary/aromatic N) is 1. The molecule has 2 aromatic rings. The van der Waals surface area contributed by atoms with Crippen molar-refractivity contribution in [1.29, 1.82) is 0 Å². The van der Waals surface area contributed by atoms with Crippen molar-refractivity contribution in [1.82, 2.24) is 5.32 Å². The minimum atomic E-state index is -4.52. The highest BCUT2D eigenvalue weighted by Gasteiger charge is 2.31. The molecule has 1 aliphatic heterocycles. The number of amides is 1. The normalized spacial score (nSPS) is 16.9. The number of hydrogen-bond donors (Lipinski definition) is 1. The molecule has 0 aromatic heterocycles. The Labute approximate surface area is 174 Å². The first-order valence-electron chi connectivity index (χ1n) is 8.27. The van der Waals surface area contributed by atoms with Crippen LogP contribution in [-0.4, -0.2) is 17.7 Å². The minimum Gasteiger partial charge on any atom is -0.489 e. The van der Waals surface area contributed by atoms with Crippen LogP contribution in [0.5, 0.6) is 5.75 Å². The van der Waals surface area contributed by atoms with E-state index in [0.717, 1.165) is 30.0 Å². The first-order valence-corrected chi connectivity index (χ1v) is 9.46. The molecule has 0 spiro atoms. The van der Waals surface area contributed by atoms with E-state index in [2.05, 4.69) is 16.9 Å². The molecule has 0 atom stereocenters. The summed E-state index contributed by atoms with van der Waals surface area (Å²) < 4.78 is 44.3. The monoisotopic (exact) mass is 438 g/mol. The van der Waals surface area contributed by atoms with Gasteiger partial charge in [-0.1, -0.05) is 42.5 Å².